The van der Waals surface area contributed by atoms with Crippen LogP contribution in [0.25, 0.3) is 0 Å². The van der Waals surface area contributed by atoms with E-state index in [0.717, 1.165) is 6.42 Å². The average Bonchev–Trinajstić information content (AvgIpc) is 3.25. The van der Waals surface area contributed by atoms with Gasteiger partial charge in [0.05, 0.1) is 25.5 Å². The average molecular weight is 375 g/mol. The molecule has 1 saturated carbocycles. The molecule has 0 bridgehead atoms. The first kappa shape index (κ1) is 18.7. The van der Waals surface area contributed by atoms with Gasteiger partial charge >= 0.3 is 5.97 Å². The van der Waals surface area contributed by atoms with E-state index in [1.807, 2.05) is 6.92 Å². The highest BCUT2D eigenvalue weighted by atomic mass is 16.6. The van der Waals surface area contributed by atoms with E-state index in [1.54, 1.807) is 6.92 Å². The molecule has 1 amide bonds. The van der Waals surface area contributed by atoms with Crippen molar-refractivity contribution in [1.82, 2.24) is 10.1 Å². The number of benzene rings is 1. The number of hydrogen-bond acceptors (Lipinski definition) is 8. The predicted octanol–water partition coefficient (Wildman–Crippen LogP) is 2.35. The van der Waals surface area contributed by atoms with E-state index < -0.39 is 5.97 Å². The summed E-state index contributed by atoms with van der Waals surface area (Å²) in [6, 6.07) is 3.00. The van der Waals surface area contributed by atoms with Crippen LogP contribution in [0.5, 0.6) is 11.5 Å². The van der Waals surface area contributed by atoms with Gasteiger partial charge in [-0.05, 0) is 19.3 Å². The molecule has 27 heavy (non-hydrogen) atoms. The van der Waals surface area contributed by atoms with E-state index in [-0.39, 0.29) is 29.9 Å². The van der Waals surface area contributed by atoms with Crippen molar-refractivity contribution in [3.8, 4) is 11.5 Å². The molecule has 144 valence electrons. The Labute approximate surface area is 156 Å². The number of carbonyl (C=O) groups excluding carboxylic acids is 2. The van der Waals surface area contributed by atoms with Crippen molar-refractivity contribution >= 4 is 17.6 Å². The highest BCUT2D eigenvalue weighted by Gasteiger charge is 2.39. The molecule has 1 aromatic heterocycles. The van der Waals surface area contributed by atoms with E-state index in [2.05, 4.69) is 15.5 Å². The number of ether oxygens (including phenoxy) is 3. The summed E-state index contributed by atoms with van der Waals surface area (Å²) in [5.74, 6) is 0.834. The van der Waals surface area contributed by atoms with Crippen molar-refractivity contribution in [3.05, 3.63) is 29.4 Å². The van der Waals surface area contributed by atoms with Crippen LogP contribution in [0.2, 0.25) is 0 Å². The van der Waals surface area contributed by atoms with Gasteiger partial charge < -0.3 is 24.1 Å². The zero-order chi connectivity index (χ0) is 19.6. The monoisotopic (exact) mass is 375 g/mol. The smallest absolute Gasteiger partial charge is 0.340 e. The fraction of sp³-hybridized carbons (Fsp3) is 0.444. The van der Waals surface area contributed by atoms with Gasteiger partial charge in [-0.1, -0.05) is 12.1 Å². The molecule has 2 atom stereocenters. The third kappa shape index (κ3) is 4.18. The van der Waals surface area contributed by atoms with E-state index in [0.29, 0.717) is 28.9 Å². The molecule has 9 nitrogen and oxygen atoms in total. The Morgan fingerprint density at radius 1 is 1.26 bits per heavy atom. The van der Waals surface area contributed by atoms with Crippen LogP contribution in [0.15, 0.2) is 16.7 Å². The first-order chi connectivity index (χ1) is 12.9. The van der Waals surface area contributed by atoms with Crippen molar-refractivity contribution in [3.63, 3.8) is 0 Å². The van der Waals surface area contributed by atoms with Crippen LogP contribution >= 0.6 is 0 Å². The third-order valence-electron chi connectivity index (χ3n) is 4.34. The molecule has 1 aliphatic rings. The molecule has 0 aliphatic heterocycles. The second-order valence-corrected chi connectivity index (χ2v) is 6.37. The predicted molar refractivity (Wildman–Crippen MR) is 93.6 cm³/mol. The molecule has 0 spiro atoms. The van der Waals surface area contributed by atoms with Crippen LogP contribution in [0.1, 0.15) is 35.4 Å². The number of anilines is 1. The SMILES string of the molecule is COc1cc(NC(=O)[C@H]2C[C@H]2C)c(C(=O)OCc2nc(C)no2)cc1OC. The molecule has 0 radical (unpaired) electrons. The summed E-state index contributed by atoms with van der Waals surface area (Å²) < 4.78 is 20.7. The minimum Gasteiger partial charge on any atom is -0.493 e. The maximum absolute atomic E-state index is 12.6. The van der Waals surface area contributed by atoms with E-state index in [4.69, 9.17) is 18.7 Å². The summed E-state index contributed by atoms with van der Waals surface area (Å²) in [7, 11) is 2.93. The van der Waals surface area contributed by atoms with Gasteiger partial charge in [0.15, 0.2) is 23.9 Å². The van der Waals surface area contributed by atoms with Crippen molar-refractivity contribution < 1.29 is 28.3 Å². The van der Waals surface area contributed by atoms with Crippen LogP contribution in [0.3, 0.4) is 0 Å². The lowest BCUT2D eigenvalue weighted by Gasteiger charge is -2.15. The maximum Gasteiger partial charge on any atom is 0.340 e. The fourth-order valence-electron chi connectivity index (χ4n) is 2.67. The summed E-state index contributed by atoms with van der Waals surface area (Å²) in [6.07, 6.45) is 0.829. The van der Waals surface area contributed by atoms with Crippen molar-refractivity contribution in [2.45, 2.75) is 26.9 Å². The molecule has 2 aromatic rings. The number of rotatable bonds is 7. The summed E-state index contributed by atoms with van der Waals surface area (Å²) >= 11 is 0. The summed E-state index contributed by atoms with van der Waals surface area (Å²) in [5.41, 5.74) is 0.439. The second-order valence-electron chi connectivity index (χ2n) is 6.37. The Balaban J connectivity index is 1.83. The first-order valence-electron chi connectivity index (χ1n) is 8.46. The van der Waals surface area contributed by atoms with Gasteiger partial charge in [-0.3, -0.25) is 4.79 Å². The summed E-state index contributed by atoms with van der Waals surface area (Å²) in [4.78, 5) is 28.9. The number of methoxy groups -OCH3 is 2. The molecular weight excluding hydrogens is 354 g/mol. The molecule has 1 aliphatic carbocycles. The van der Waals surface area contributed by atoms with Gasteiger partial charge in [0.1, 0.15) is 0 Å². The highest BCUT2D eigenvalue weighted by Crippen LogP contribution is 2.40. The largest absolute Gasteiger partial charge is 0.493 e. The quantitative estimate of drug-likeness (QED) is 0.734. The highest BCUT2D eigenvalue weighted by molar-refractivity contribution is 6.03. The van der Waals surface area contributed by atoms with E-state index in [9.17, 15) is 9.59 Å². The first-order valence-corrected chi connectivity index (χ1v) is 8.46. The van der Waals surface area contributed by atoms with Crippen molar-refractivity contribution in [2.24, 2.45) is 11.8 Å². The Bertz CT molecular complexity index is 863. The van der Waals surface area contributed by atoms with Gasteiger partial charge in [-0.2, -0.15) is 4.98 Å². The molecule has 0 unspecified atom stereocenters. The number of nitrogens with zero attached hydrogens (tertiary/aromatic N) is 2. The minimum atomic E-state index is -0.661. The number of aromatic nitrogens is 2. The minimum absolute atomic E-state index is 0.0525. The maximum atomic E-state index is 12.6. The number of aryl methyl sites for hydroxylation is 1. The molecule has 1 fully saturated rings. The number of nitrogens with one attached hydrogen (secondary N) is 1. The van der Waals surface area contributed by atoms with Crippen LogP contribution in [-0.4, -0.2) is 36.2 Å². The Morgan fingerprint density at radius 2 is 1.93 bits per heavy atom. The van der Waals surface area contributed by atoms with Crippen molar-refractivity contribution in [2.75, 3.05) is 19.5 Å². The Morgan fingerprint density at radius 3 is 2.48 bits per heavy atom. The number of hydrogen-bond donors (Lipinski definition) is 1. The lowest BCUT2D eigenvalue weighted by Crippen LogP contribution is -2.18. The van der Waals surface area contributed by atoms with Crippen LogP contribution in [0.4, 0.5) is 5.69 Å². The van der Waals surface area contributed by atoms with E-state index in [1.165, 1.54) is 26.4 Å². The van der Waals surface area contributed by atoms with Crippen LogP contribution < -0.4 is 14.8 Å². The van der Waals surface area contributed by atoms with E-state index >= 15 is 0 Å². The molecular formula is C18H21N3O6. The van der Waals surface area contributed by atoms with Crippen LogP contribution in [0, 0.1) is 18.8 Å². The molecule has 0 saturated heterocycles. The molecule has 9 heteroatoms. The number of esters is 1. The lowest BCUT2D eigenvalue weighted by molar-refractivity contribution is -0.117. The van der Waals surface area contributed by atoms with Gasteiger partial charge in [-0.25, -0.2) is 4.79 Å². The molecule has 3 rings (SSSR count). The zero-order valence-corrected chi connectivity index (χ0v) is 15.6. The standard InChI is InChI=1S/C18H21N3O6/c1-9-5-11(9)17(22)20-13-7-15(25-4)14(24-3)6-12(13)18(23)26-8-16-19-10(2)21-27-16/h6-7,9,11H,5,8H2,1-4H3,(H,20,22)/t9-,11+/m1/s1. The lowest BCUT2D eigenvalue weighted by atomic mass is 10.1. The summed E-state index contributed by atoms with van der Waals surface area (Å²) in [6.45, 7) is 3.48. The third-order valence-corrected chi connectivity index (χ3v) is 4.34. The fourth-order valence-corrected chi connectivity index (χ4v) is 2.67. The molecule has 1 aromatic carbocycles. The Kier molecular flexibility index (Phi) is 5.29. The van der Waals surface area contributed by atoms with Crippen molar-refractivity contribution in [1.29, 1.82) is 0 Å². The number of amides is 1. The number of carbonyl (C=O) groups is 2. The molecule has 1 N–H and O–H groups in total. The van der Waals surface area contributed by atoms with Gasteiger partial charge in [0, 0.05) is 18.1 Å². The second kappa shape index (κ2) is 7.65. The molecule has 1 heterocycles. The summed E-state index contributed by atoms with van der Waals surface area (Å²) in [5, 5.41) is 6.42. The van der Waals surface area contributed by atoms with Gasteiger partial charge in [0.2, 0.25) is 5.91 Å². The topological polar surface area (TPSA) is 113 Å². The Hall–Kier alpha value is -3.10. The normalized spacial score (nSPS) is 17.9. The van der Waals surface area contributed by atoms with Crippen LogP contribution in [-0.2, 0) is 16.1 Å². The zero-order valence-electron chi connectivity index (χ0n) is 15.6. The van der Waals surface area contributed by atoms with Gasteiger partial charge in [-0.15, -0.1) is 0 Å². The van der Waals surface area contributed by atoms with Gasteiger partial charge in [0.25, 0.3) is 5.89 Å².